The van der Waals surface area contributed by atoms with Crippen molar-refractivity contribution >= 4 is 0 Å². The maximum absolute atomic E-state index is 13.1. The van der Waals surface area contributed by atoms with Crippen molar-refractivity contribution in [3.05, 3.63) is 17.2 Å². The van der Waals surface area contributed by atoms with Crippen LogP contribution in [0.15, 0.2) is 0 Å². The average Bonchev–Trinajstić information content (AvgIpc) is 2.77. The van der Waals surface area contributed by atoms with Crippen molar-refractivity contribution in [2.45, 2.75) is 25.4 Å². The third kappa shape index (κ3) is 1.03. The number of hydrogen-bond donors (Lipinski definition) is 2. The highest BCUT2D eigenvalue weighted by molar-refractivity contribution is 5.19. The summed E-state index contributed by atoms with van der Waals surface area (Å²) in [4.78, 5) is 0. The first-order valence-corrected chi connectivity index (χ1v) is 3.66. The Morgan fingerprint density at radius 2 is 2.36 bits per heavy atom. The molecule has 0 atom stereocenters. The second kappa shape index (κ2) is 2.30. The van der Waals surface area contributed by atoms with Crippen LogP contribution in [0.1, 0.15) is 30.1 Å². The molecule has 11 heavy (non-hydrogen) atoms. The van der Waals surface area contributed by atoms with Crippen LogP contribution in [-0.4, -0.2) is 15.3 Å². The molecule has 0 saturated heterocycles. The Hall–Kier alpha value is -0.900. The van der Waals surface area contributed by atoms with E-state index < -0.39 is 0 Å². The van der Waals surface area contributed by atoms with Crippen molar-refractivity contribution in [1.82, 2.24) is 10.2 Å². The van der Waals surface area contributed by atoms with Gasteiger partial charge in [-0.25, -0.2) is 4.39 Å². The van der Waals surface area contributed by atoms with Gasteiger partial charge in [-0.15, -0.1) is 0 Å². The van der Waals surface area contributed by atoms with E-state index in [1.807, 2.05) is 0 Å². The van der Waals surface area contributed by atoms with Gasteiger partial charge in [0, 0.05) is 5.92 Å². The minimum Gasteiger partial charge on any atom is -0.390 e. The van der Waals surface area contributed by atoms with Gasteiger partial charge in [0.05, 0.1) is 12.3 Å². The molecule has 1 aromatic rings. The fourth-order valence-corrected chi connectivity index (χ4v) is 1.11. The summed E-state index contributed by atoms with van der Waals surface area (Å²) in [5.41, 5.74) is 0.695. The Labute approximate surface area is 63.2 Å². The number of rotatable bonds is 2. The van der Waals surface area contributed by atoms with Crippen molar-refractivity contribution in [2.24, 2.45) is 0 Å². The summed E-state index contributed by atoms with van der Waals surface area (Å²) in [6.07, 6.45) is 2.04. The van der Waals surface area contributed by atoms with Crippen molar-refractivity contribution in [1.29, 1.82) is 0 Å². The number of aliphatic hydroxyl groups is 1. The van der Waals surface area contributed by atoms with Gasteiger partial charge in [0.25, 0.3) is 0 Å². The van der Waals surface area contributed by atoms with Gasteiger partial charge < -0.3 is 5.11 Å². The molecular formula is C7H9FN2O. The summed E-state index contributed by atoms with van der Waals surface area (Å²) >= 11 is 0. The fourth-order valence-electron chi connectivity index (χ4n) is 1.11. The molecule has 4 heteroatoms. The minimum absolute atomic E-state index is 0.201. The SMILES string of the molecule is OCc1[nH]nc(C2CC2)c1F. The van der Waals surface area contributed by atoms with E-state index in [0.717, 1.165) is 12.8 Å². The molecule has 2 N–H and O–H groups in total. The van der Waals surface area contributed by atoms with E-state index in [1.165, 1.54) is 0 Å². The van der Waals surface area contributed by atoms with E-state index in [2.05, 4.69) is 10.2 Å². The molecule has 60 valence electrons. The predicted octanol–water partition coefficient (Wildman–Crippen LogP) is 0.918. The second-order valence-electron chi connectivity index (χ2n) is 2.83. The highest BCUT2D eigenvalue weighted by Crippen LogP contribution is 2.40. The van der Waals surface area contributed by atoms with E-state index >= 15 is 0 Å². The molecule has 0 spiro atoms. The molecule has 0 aromatic carbocycles. The zero-order valence-corrected chi connectivity index (χ0v) is 5.97. The maximum Gasteiger partial charge on any atom is 0.169 e. The van der Waals surface area contributed by atoms with Crippen LogP contribution in [0.4, 0.5) is 4.39 Å². The molecule has 2 rings (SSSR count). The molecule has 1 aromatic heterocycles. The third-order valence-electron chi connectivity index (χ3n) is 1.92. The first-order chi connectivity index (χ1) is 5.33. The topological polar surface area (TPSA) is 48.9 Å². The summed E-state index contributed by atoms with van der Waals surface area (Å²) in [5.74, 6) is -0.0541. The molecule has 1 aliphatic carbocycles. The van der Waals surface area contributed by atoms with E-state index in [0.29, 0.717) is 11.6 Å². The molecule has 0 amide bonds. The number of nitrogens with zero attached hydrogens (tertiary/aromatic N) is 1. The van der Waals surface area contributed by atoms with Crippen LogP contribution >= 0.6 is 0 Å². The smallest absolute Gasteiger partial charge is 0.169 e. The number of aromatic nitrogens is 2. The number of hydrogen-bond acceptors (Lipinski definition) is 2. The second-order valence-corrected chi connectivity index (χ2v) is 2.83. The van der Waals surface area contributed by atoms with Gasteiger partial charge in [-0.2, -0.15) is 5.10 Å². The Morgan fingerprint density at radius 3 is 2.82 bits per heavy atom. The van der Waals surface area contributed by atoms with Crippen LogP contribution in [0, 0.1) is 5.82 Å². The van der Waals surface area contributed by atoms with Crippen molar-refractivity contribution < 1.29 is 9.50 Å². The van der Waals surface area contributed by atoms with E-state index in [1.54, 1.807) is 0 Å². The van der Waals surface area contributed by atoms with Crippen molar-refractivity contribution in [3.8, 4) is 0 Å². The summed E-state index contributed by atoms with van der Waals surface area (Å²) in [7, 11) is 0. The molecule has 0 aliphatic heterocycles. The van der Waals surface area contributed by atoms with Gasteiger partial charge >= 0.3 is 0 Å². The molecule has 0 bridgehead atoms. The molecule has 1 saturated carbocycles. The van der Waals surface area contributed by atoms with Crippen LogP contribution in [0.25, 0.3) is 0 Å². The molecule has 1 fully saturated rings. The summed E-state index contributed by atoms with van der Waals surface area (Å²) in [6.45, 7) is -0.300. The zero-order valence-electron chi connectivity index (χ0n) is 5.97. The van der Waals surface area contributed by atoms with Crippen LogP contribution in [0.2, 0.25) is 0 Å². The fraction of sp³-hybridized carbons (Fsp3) is 0.571. The highest BCUT2D eigenvalue weighted by atomic mass is 19.1. The lowest BCUT2D eigenvalue weighted by molar-refractivity contribution is 0.270. The molecule has 0 radical (unpaired) electrons. The normalized spacial score (nSPS) is 17.3. The average molecular weight is 156 g/mol. The molecule has 1 aliphatic rings. The highest BCUT2D eigenvalue weighted by Gasteiger charge is 2.30. The van der Waals surface area contributed by atoms with Gasteiger partial charge in [-0.05, 0) is 12.8 Å². The van der Waals surface area contributed by atoms with Crippen molar-refractivity contribution in [2.75, 3.05) is 0 Å². The number of H-pyrrole nitrogens is 1. The Bertz CT molecular complexity index is 267. The molecule has 0 unspecified atom stereocenters. The van der Waals surface area contributed by atoms with Crippen molar-refractivity contribution in [3.63, 3.8) is 0 Å². The van der Waals surface area contributed by atoms with Crippen LogP contribution in [0.3, 0.4) is 0 Å². The summed E-state index contributed by atoms with van der Waals surface area (Å²) < 4.78 is 13.1. The Kier molecular flexibility index (Phi) is 1.42. The number of aromatic amines is 1. The first-order valence-electron chi connectivity index (χ1n) is 3.66. The summed E-state index contributed by atoms with van der Waals surface area (Å²) in [6, 6.07) is 0. The number of aliphatic hydroxyl groups excluding tert-OH is 1. The monoisotopic (exact) mass is 156 g/mol. The number of nitrogens with one attached hydrogen (secondary N) is 1. The minimum atomic E-state index is -0.352. The van der Waals surface area contributed by atoms with E-state index in [-0.39, 0.29) is 18.1 Å². The van der Waals surface area contributed by atoms with Crippen LogP contribution in [0.5, 0.6) is 0 Å². The quantitative estimate of drug-likeness (QED) is 0.668. The van der Waals surface area contributed by atoms with Gasteiger partial charge in [-0.3, -0.25) is 5.10 Å². The van der Waals surface area contributed by atoms with E-state index in [4.69, 9.17) is 5.11 Å². The maximum atomic E-state index is 13.1. The van der Waals surface area contributed by atoms with Gasteiger partial charge in [0.15, 0.2) is 5.82 Å². The molecule has 1 heterocycles. The summed E-state index contributed by atoms with van der Waals surface area (Å²) in [5, 5.41) is 14.9. The lowest BCUT2D eigenvalue weighted by Gasteiger charge is -1.89. The van der Waals surface area contributed by atoms with Gasteiger partial charge in [0.1, 0.15) is 5.69 Å². The zero-order chi connectivity index (χ0) is 7.84. The van der Waals surface area contributed by atoms with E-state index in [9.17, 15) is 4.39 Å². The Morgan fingerprint density at radius 1 is 1.64 bits per heavy atom. The largest absolute Gasteiger partial charge is 0.390 e. The third-order valence-corrected chi connectivity index (χ3v) is 1.92. The number of halogens is 1. The first kappa shape index (κ1) is 6.79. The lowest BCUT2D eigenvalue weighted by atomic mass is 10.2. The van der Waals surface area contributed by atoms with Crippen LogP contribution < -0.4 is 0 Å². The molecule has 3 nitrogen and oxygen atoms in total. The van der Waals surface area contributed by atoms with Gasteiger partial charge in [0.2, 0.25) is 0 Å². The van der Waals surface area contributed by atoms with Gasteiger partial charge in [-0.1, -0.05) is 0 Å². The predicted molar refractivity (Wildman–Crippen MR) is 36.4 cm³/mol. The lowest BCUT2D eigenvalue weighted by Crippen LogP contribution is -1.87. The Balaban J connectivity index is 2.33. The molecular weight excluding hydrogens is 147 g/mol. The standard InChI is InChI=1S/C7H9FN2O/c8-6-5(3-11)9-10-7(6)4-1-2-4/h4,11H,1-3H2,(H,9,10). The van der Waals surface area contributed by atoms with Crippen LogP contribution in [-0.2, 0) is 6.61 Å².